The van der Waals surface area contributed by atoms with Gasteiger partial charge in [0.05, 0.1) is 14.2 Å². The molecule has 0 aromatic carbocycles. The lowest BCUT2D eigenvalue weighted by molar-refractivity contribution is -0.260. The molecule has 0 unspecified atom stereocenters. The van der Waals surface area contributed by atoms with Gasteiger partial charge in [0.25, 0.3) is 0 Å². The molecule has 0 fully saturated rings. The molecule has 0 saturated carbocycles. The van der Waals surface area contributed by atoms with Gasteiger partial charge in [-0.2, -0.15) is 0 Å². The van der Waals surface area contributed by atoms with Crippen LogP contribution < -0.4 is 0 Å². The van der Waals surface area contributed by atoms with Gasteiger partial charge in [-0.05, 0) is 17.4 Å². The van der Waals surface area contributed by atoms with Crippen LogP contribution in [0.3, 0.4) is 0 Å². The minimum absolute atomic E-state index is 0.944. The lowest BCUT2D eigenvalue weighted by Crippen LogP contribution is -2.06. The van der Waals surface area contributed by atoms with Crippen LogP contribution in [0.1, 0.15) is 0 Å². The molecule has 0 rings (SSSR count). The van der Waals surface area contributed by atoms with Crippen molar-refractivity contribution < 1.29 is 9.68 Å². The van der Waals surface area contributed by atoms with Crippen molar-refractivity contribution in [3.8, 4) is 0 Å². The minimum Gasteiger partial charge on any atom is -0.268 e. The van der Waals surface area contributed by atoms with Crippen LogP contribution in [0.4, 0.5) is 0 Å². The molecule has 0 radical (unpaired) electrons. The highest BCUT2D eigenvalue weighted by atomic mass is 32.1. The van der Waals surface area contributed by atoms with E-state index in [1.54, 1.807) is 0 Å². The Labute approximate surface area is 42.3 Å². The molecule has 0 aliphatic rings. The number of nitrogens with zero attached hydrogens (tertiary/aromatic N) is 1. The minimum atomic E-state index is 0.944. The van der Waals surface area contributed by atoms with E-state index in [0.717, 1.165) is 4.63 Å². The van der Waals surface area contributed by atoms with Gasteiger partial charge in [0.15, 0.2) is 0 Å². The second kappa shape index (κ2) is 3.42. The molecule has 0 spiro atoms. The Bertz CT molecular complexity index is 30.7. The Kier molecular flexibility index (Phi) is 3.55. The highest BCUT2D eigenvalue weighted by molar-refractivity contribution is 7.77. The van der Waals surface area contributed by atoms with E-state index in [1.807, 2.05) is 0 Å². The van der Waals surface area contributed by atoms with E-state index < -0.39 is 0 Å². The monoisotopic (exact) mass is 109 g/mol. The summed E-state index contributed by atoms with van der Waals surface area (Å²) in [5.74, 6) is 0. The third-order valence-electron chi connectivity index (χ3n) is 0.312. The SMILES string of the molecule is CON(S)OC. The van der Waals surface area contributed by atoms with Gasteiger partial charge in [-0.1, -0.05) is 0 Å². The summed E-state index contributed by atoms with van der Waals surface area (Å²) in [5.41, 5.74) is 0. The van der Waals surface area contributed by atoms with E-state index in [1.165, 1.54) is 14.2 Å². The summed E-state index contributed by atoms with van der Waals surface area (Å²) < 4.78 is 0.944. The van der Waals surface area contributed by atoms with E-state index in [-0.39, 0.29) is 0 Å². The van der Waals surface area contributed by atoms with Crippen molar-refractivity contribution >= 4 is 12.8 Å². The average Bonchev–Trinajstić information content (AvgIpc) is 1.65. The number of hydrogen-bond donors (Lipinski definition) is 1. The average molecular weight is 109 g/mol. The van der Waals surface area contributed by atoms with Crippen LogP contribution in [0.15, 0.2) is 0 Å². The van der Waals surface area contributed by atoms with Crippen LogP contribution in [0, 0.1) is 0 Å². The summed E-state index contributed by atoms with van der Waals surface area (Å²) in [7, 11) is 2.91. The molecule has 4 heteroatoms. The molecule has 0 atom stereocenters. The molecule has 6 heavy (non-hydrogen) atoms. The smallest absolute Gasteiger partial charge is 0.0611 e. The maximum absolute atomic E-state index is 4.37. The van der Waals surface area contributed by atoms with Gasteiger partial charge in [-0.15, -0.1) is 0 Å². The summed E-state index contributed by atoms with van der Waals surface area (Å²) >= 11 is 3.62. The van der Waals surface area contributed by atoms with Crippen LogP contribution in [0.25, 0.3) is 0 Å². The zero-order valence-electron chi connectivity index (χ0n) is 3.71. The summed E-state index contributed by atoms with van der Waals surface area (Å²) in [4.78, 5) is 8.75. The Morgan fingerprint density at radius 2 is 1.67 bits per heavy atom. The van der Waals surface area contributed by atoms with Gasteiger partial charge in [0.2, 0.25) is 0 Å². The fourth-order valence-electron chi connectivity index (χ4n) is 0.0745. The molecular formula is C2H7NO2S. The van der Waals surface area contributed by atoms with E-state index in [9.17, 15) is 0 Å². The quantitative estimate of drug-likeness (QED) is 0.406. The Morgan fingerprint density at radius 3 is 1.67 bits per heavy atom. The largest absolute Gasteiger partial charge is 0.268 e. The molecule has 0 aliphatic heterocycles. The molecule has 0 aliphatic carbocycles. The zero-order valence-corrected chi connectivity index (χ0v) is 4.61. The van der Waals surface area contributed by atoms with E-state index in [4.69, 9.17) is 0 Å². The Hall–Kier alpha value is 0.230. The highest BCUT2D eigenvalue weighted by Crippen LogP contribution is 1.87. The van der Waals surface area contributed by atoms with Crippen LogP contribution in [-0.2, 0) is 9.68 Å². The fourth-order valence-corrected chi connectivity index (χ4v) is 0.0745. The predicted octanol–water partition coefficient (Wildman–Crippen LogP) is 0.256. The molecule has 0 heterocycles. The van der Waals surface area contributed by atoms with Gasteiger partial charge >= 0.3 is 0 Å². The van der Waals surface area contributed by atoms with Gasteiger partial charge in [0.1, 0.15) is 0 Å². The van der Waals surface area contributed by atoms with Crippen LogP contribution in [-0.4, -0.2) is 18.9 Å². The standard InChI is InChI=1S/C2H7NO2S/c1-4-3(6)5-2/h6H,1-2H3. The van der Waals surface area contributed by atoms with Crippen LogP contribution in [0.2, 0.25) is 0 Å². The molecular weight excluding hydrogens is 102 g/mol. The summed E-state index contributed by atoms with van der Waals surface area (Å²) in [6.07, 6.45) is 0. The van der Waals surface area contributed by atoms with Crippen molar-refractivity contribution in [2.24, 2.45) is 0 Å². The van der Waals surface area contributed by atoms with Gasteiger partial charge in [-0.3, -0.25) is 9.68 Å². The summed E-state index contributed by atoms with van der Waals surface area (Å²) in [6.45, 7) is 0. The van der Waals surface area contributed by atoms with Crippen molar-refractivity contribution in [2.45, 2.75) is 0 Å². The maximum Gasteiger partial charge on any atom is 0.0611 e. The molecule has 0 bridgehead atoms. The topological polar surface area (TPSA) is 21.7 Å². The van der Waals surface area contributed by atoms with Gasteiger partial charge in [-0.25, -0.2) is 0 Å². The lowest BCUT2D eigenvalue weighted by atomic mass is 11.7. The first kappa shape index (κ1) is 6.23. The second-order valence-corrected chi connectivity index (χ2v) is 0.930. The normalized spacial score (nSPS) is 10.0. The molecule has 0 N–H and O–H groups in total. The molecule has 0 aromatic rings. The fraction of sp³-hybridized carbons (Fsp3) is 1.00. The lowest BCUT2D eigenvalue weighted by Gasteiger charge is -2.04. The van der Waals surface area contributed by atoms with Crippen LogP contribution in [0.5, 0.6) is 0 Å². The second-order valence-electron chi connectivity index (χ2n) is 0.603. The highest BCUT2D eigenvalue weighted by Gasteiger charge is 1.83. The third kappa shape index (κ3) is 2.47. The Morgan fingerprint density at radius 1 is 1.33 bits per heavy atom. The van der Waals surface area contributed by atoms with E-state index >= 15 is 0 Å². The summed E-state index contributed by atoms with van der Waals surface area (Å²) in [5, 5.41) is 0. The van der Waals surface area contributed by atoms with Gasteiger partial charge < -0.3 is 0 Å². The van der Waals surface area contributed by atoms with Crippen molar-refractivity contribution in [3.63, 3.8) is 0 Å². The number of thiol groups is 1. The van der Waals surface area contributed by atoms with E-state index in [0.29, 0.717) is 0 Å². The molecule has 3 nitrogen and oxygen atoms in total. The number of hydrogen-bond acceptors (Lipinski definition) is 4. The number of rotatable bonds is 2. The first-order valence-electron chi connectivity index (χ1n) is 1.38. The van der Waals surface area contributed by atoms with Crippen molar-refractivity contribution in [1.82, 2.24) is 4.63 Å². The molecule has 38 valence electrons. The predicted molar refractivity (Wildman–Crippen MR) is 24.8 cm³/mol. The van der Waals surface area contributed by atoms with Crippen molar-refractivity contribution in [3.05, 3.63) is 0 Å². The van der Waals surface area contributed by atoms with Crippen LogP contribution >= 0.6 is 12.8 Å². The zero-order chi connectivity index (χ0) is 4.99. The van der Waals surface area contributed by atoms with Crippen molar-refractivity contribution in [2.75, 3.05) is 14.2 Å². The first-order valence-corrected chi connectivity index (χ1v) is 1.78. The molecule has 0 aromatic heterocycles. The van der Waals surface area contributed by atoms with Gasteiger partial charge in [0, 0.05) is 0 Å². The van der Waals surface area contributed by atoms with Crippen molar-refractivity contribution in [1.29, 1.82) is 0 Å². The molecule has 0 saturated heterocycles. The maximum atomic E-state index is 4.37. The first-order chi connectivity index (χ1) is 2.81. The van der Waals surface area contributed by atoms with E-state index in [2.05, 4.69) is 22.5 Å². The summed E-state index contributed by atoms with van der Waals surface area (Å²) in [6, 6.07) is 0. The third-order valence-corrected chi connectivity index (χ3v) is 0.639. The molecule has 0 amide bonds. The Balaban J connectivity index is 2.75.